The highest BCUT2D eigenvalue weighted by molar-refractivity contribution is 5.90. The molecule has 0 bridgehead atoms. The number of carbonyl (C=O) groups is 2. The first kappa shape index (κ1) is 11.4. The number of carboxylic acids is 1. The fourth-order valence-electron chi connectivity index (χ4n) is 0.672. The summed E-state index contributed by atoms with van der Waals surface area (Å²) in [6.45, 7) is 3.49. The lowest BCUT2D eigenvalue weighted by molar-refractivity contribution is -0.140. The minimum absolute atomic E-state index is 0.337. The Morgan fingerprint density at radius 1 is 1.38 bits per heavy atom. The first-order chi connectivity index (χ1) is 6.06. The summed E-state index contributed by atoms with van der Waals surface area (Å²) in [5, 5.41) is 8.19. The van der Waals surface area contributed by atoms with E-state index in [1.165, 1.54) is 0 Å². The van der Waals surface area contributed by atoms with Gasteiger partial charge in [0, 0.05) is 12.2 Å². The van der Waals surface area contributed by atoms with Gasteiger partial charge in [-0.2, -0.15) is 0 Å². The van der Waals surface area contributed by atoms with Crippen LogP contribution >= 0.6 is 0 Å². The molecule has 0 spiro atoms. The average molecular weight is 184 g/mol. The Morgan fingerprint density at radius 2 is 2.00 bits per heavy atom. The molecule has 13 heavy (non-hydrogen) atoms. The second kappa shape index (κ2) is 5.99. The molecular formula is C9H12O4. The van der Waals surface area contributed by atoms with Gasteiger partial charge in [-0.25, -0.2) is 9.59 Å². The van der Waals surface area contributed by atoms with Crippen LogP contribution < -0.4 is 0 Å². The fraction of sp³-hybridized carbons (Fsp3) is 0.333. The van der Waals surface area contributed by atoms with Crippen molar-refractivity contribution >= 4 is 11.9 Å². The van der Waals surface area contributed by atoms with Gasteiger partial charge in [-0.1, -0.05) is 6.08 Å². The highest BCUT2D eigenvalue weighted by Crippen LogP contribution is 1.94. The Bertz CT molecular complexity index is 240. The molecule has 0 saturated carbocycles. The second-order valence-corrected chi connectivity index (χ2v) is 2.34. The Labute approximate surface area is 76.5 Å². The molecule has 0 rings (SSSR count). The molecular weight excluding hydrogens is 172 g/mol. The molecule has 1 unspecified atom stereocenters. The third-order valence-corrected chi connectivity index (χ3v) is 1.13. The van der Waals surface area contributed by atoms with Crippen LogP contribution in [0.5, 0.6) is 0 Å². The highest BCUT2D eigenvalue weighted by atomic mass is 16.5. The Morgan fingerprint density at radius 3 is 2.46 bits per heavy atom. The van der Waals surface area contributed by atoms with Crippen molar-refractivity contribution < 1.29 is 19.4 Å². The van der Waals surface area contributed by atoms with E-state index in [4.69, 9.17) is 9.84 Å². The lowest BCUT2D eigenvalue weighted by Gasteiger charge is -2.05. The third-order valence-electron chi connectivity index (χ3n) is 1.13. The molecule has 0 aliphatic heterocycles. The van der Waals surface area contributed by atoms with Gasteiger partial charge in [-0.15, -0.1) is 0 Å². The average Bonchev–Trinajstić information content (AvgIpc) is 2.01. The fourth-order valence-corrected chi connectivity index (χ4v) is 0.672. The first-order valence-electron chi connectivity index (χ1n) is 3.80. The lowest BCUT2D eigenvalue weighted by atomic mass is 10.3. The van der Waals surface area contributed by atoms with Gasteiger partial charge in [0.2, 0.25) is 0 Å². The standard InChI is InChI=1S/C9H12O4/c1-3-4-7(2)13-9(12)6-5-8(10)11/h3-7H,1-2H3,(H,10,11). The number of ether oxygens (including phenoxy) is 1. The van der Waals surface area contributed by atoms with Gasteiger partial charge < -0.3 is 9.84 Å². The van der Waals surface area contributed by atoms with E-state index >= 15 is 0 Å². The summed E-state index contributed by atoms with van der Waals surface area (Å²) in [5.41, 5.74) is 0. The predicted molar refractivity (Wildman–Crippen MR) is 47.1 cm³/mol. The molecule has 72 valence electrons. The molecule has 0 aliphatic carbocycles. The van der Waals surface area contributed by atoms with Crippen molar-refractivity contribution in [1.82, 2.24) is 0 Å². The van der Waals surface area contributed by atoms with E-state index in [9.17, 15) is 9.59 Å². The van der Waals surface area contributed by atoms with E-state index in [0.717, 1.165) is 12.2 Å². The van der Waals surface area contributed by atoms with Crippen LogP contribution in [0.3, 0.4) is 0 Å². The van der Waals surface area contributed by atoms with Crippen LogP contribution in [-0.4, -0.2) is 23.1 Å². The van der Waals surface area contributed by atoms with Crippen LogP contribution in [0, 0.1) is 0 Å². The second-order valence-electron chi connectivity index (χ2n) is 2.34. The Kier molecular flexibility index (Phi) is 5.27. The molecule has 0 aromatic carbocycles. The topological polar surface area (TPSA) is 63.6 Å². The van der Waals surface area contributed by atoms with Crippen molar-refractivity contribution in [2.24, 2.45) is 0 Å². The van der Waals surface area contributed by atoms with Gasteiger partial charge in [0.25, 0.3) is 0 Å². The van der Waals surface area contributed by atoms with Crippen LogP contribution in [0.2, 0.25) is 0 Å². The highest BCUT2D eigenvalue weighted by Gasteiger charge is 2.02. The van der Waals surface area contributed by atoms with E-state index in [0.29, 0.717) is 0 Å². The molecule has 0 aromatic heterocycles. The third kappa shape index (κ3) is 6.80. The van der Waals surface area contributed by atoms with Crippen LogP contribution in [0.4, 0.5) is 0 Å². The molecule has 1 N–H and O–H groups in total. The SMILES string of the molecule is CC=CC(C)OC(=O)C=CC(=O)O. The van der Waals surface area contributed by atoms with Crippen molar-refractivity contribution in [3.63, 3.8) is 0 Å². The van der Waals surface area contributed by atoms with Gasteiger partial charge in [0.05, 0.1) is 0 Å². The van der Waals surface area contributed by atoms with Crippen LogP contribution in [0.25, 0.3) is 0 Å². The molecule has 0 aliphatic rings. The van der Waals surface area contributed by atoms with Crippen molar-refractivity contribution in [2.75, 3.05) is 0 Å². The smallest absolute Gasteiger partial charge is 0.331 e. The quantitative estimate of drug-likeness (QED) is 0.404. The number of allylic oxidation sites excluding steroid dienone is 1. The molecule has 0 amide bonds. The first-order valence-corrected chi connectivity index (χ1v) is 3.80. The number of aliphatic carboxylic acids is 1. The van der Waals surface area contributed by atoms with Gasteiger partial charge >= 0.3 is 11.9 Å². The minimum Gasteiger partial charge on any atom is -0.478 e. The molecule has 0 radical (unpaired) electrons. The summed E-state index contributed by atoms with van der Waals surface area (Å²) in [5.74, 6) is -1.83. The maximum Gasteiger partial charge on any atom is 0.331 e. The summed E-state index contributed by atoms with van der Waals surface area (Å²) >= 11 is 0. The number of hydrogen-bond donors (Lipinski definition) is 1. The number of carboxylic acid groups (broad SMARTS) is 1. The minimum atomic E-state index is -1.17. The van der Waals surface area contributed by atoms with Crippen LogP contribution in [0.15, 0.2) is 24.3 Å². The van der Waals surface area contributed by atoms with Crippen molar-refractivity contribution in [3.8, 4) is 0 Å². The molecule has 4 nitrogen and oxygen atoms in total. The van der Waals surface area contributed by atoms with E-state index < -0.39 is 11.9 Å². The van der Waals surface area contributed by atoms with Crippen molar-refractivity contribution in [1.29, 1.82) is 0 Å². The van der Waals surface area contributed by atoms with Crippen molar-refractivity contribution in [2.45, 2.75) is 20.0 Å². The molecule has 0 heterocycles. The molecule has 0 aromatic rings. The summed E-state index contributed by atoms with van der Waals surface area (Å²) in [7, 11) is 0. The zero-order chi connectivity index (χ0) is 10.3. The molecule has 0 saturated heterocycles. The summed E-state index contributed by atoms with van der Waals surface area (Å²) in [6, 6.07) is 0. The van der Waals surface area contributed by atoms with E-state index in [2.05, 4.69) is 0 Å². The zero-order valence-electron chi connectivity index (χ0n) is 7.56. The summed E-state index contributed by atoms with van der Waals surface area (Å²) < 4.78 is 4.77. The van der Waals surface area contributed by atoms with Gasteiger partial charge in [-0.3, -0.25) is 0 Å². The lowest BCUT2D eigenvalue weighted by Crippen LogP contribution is -2.10. The maximum absolute atomic E-state index is 10.8. The largest absolute Gasteiger partial charge is 0.478 e. The van der Waals surface area contributed by atoms with Gasteiger partial charge in [-0.05, 0) is 19.9 Å². The molecule has 4 heteroatoms. The van der Waals surface area contributed by atoms with Gasteiger partial charge in [0.1, 0.15) is 6.10 Å². The monoisotopic (exact) mass is 184 g/mol. The van der Waals surface area contributed by atoms with E-state index in [1.54, 1.807) is 26.0 Å². The number of carbonyl (C=O) groups excluding carboxylic acids is 1. The number of hydrogen-bond acceptors (Lipinski definition) is 3. The summed E-state index contributed by atoms with van der Waals surface area (Å²) in [4.78, 5) is 20.8. The Hall–Kier alpha value is -1.58. The van der Waals surface area contributed by atoms with Crippen LogP contribution in [0.1, 0.15) is 13.8 Å². The number of rotatable bonds is 4. The van der Waals surface area contributed by atoms with E-state index in [-0.39, 0.29) is 6.10 Å². The molecule has 1 atom stereocenters. The summed E-state index contributed by atoms with van der Waals surface area (Å²) in [6.07, 6.45) is 4.72. The normalized spacial score (nSPS) is 13.4. The van der Waals surface area contributed by atoms with Crippen LogP contribution in [-0.2, 0) is 14.3 Å². The number of esters is 1. The molecule has 0 fully saturated rings. The maximum atomic E-state index is 10.8. The Balaban J connectivity index is 3.94. The van der Waals surface area contributed by atoms with Crippen molar-refractivity contribution in [3.05, 3.63) is 24.3 Å². The van der Waals surface area contributed by atoms with Gasteiger partial charge in [0.15, 0.2) is 0 Å². The predicted octanol–water partition coefficient (Wildman–Crippen LogP) is 1.14. The zero-order valence-corrected chi connectivity index (χ0v) is 7.56. The van der Waals surface area contributed by atoms with E-state index in [1.807, 2.05) is 0 Å².